The van der Waals surface area contributed by atoms with Gasteiger partial charge in [0.05, 0.1) is 0 Å². The molecule has 0 bridgehead atoms. The Morgan fingerprint density at radius 3 is 1.33 bits per heavy atom. The topological polar surface area (TPSA) is 0 Å². The molecule has 0 fully saturated rings. The van der Waals surface area contributed by atoms with Gasteiger partial charge >= 0.3 is 22.4 Å². The molecular formula is C6H5AuCl2. The van der Waals surface area contributed by atoms with Gasteiger partial charge in [-0.05, 0) is 0 Å². The van der Waals surface area contributed by atoms with E-state index in [1.165, 1.54) is 0 Å². The van der Waals surface area contributed by atoms with Gasteiger partial charge in [0.15, 0.2) is 0 Å². The van der Waals surface area contributed by atoms with Gasteiger partial charge in [-0.3, -0.25) is 0 Å². The third kappa shape index (κ3) is 8.54. The molecule has 0 radical (unpaired) electrons. The maximum absolute atomic E-state index is 2.89. The first-order valence-corrected chi connectivity index (χ1v) is 1.91. The maximum atomic E-state index is 2.89. The molecule has 9 heavy (non-hydrogen) atoms. The molecule has 54 valence electrons. The van der Waals surface area contributed by atoms with Crippen LogP contribution in [-0.2, 0) is 22.4 Å². The molecule has 1 aromatic carbocycles. The van der Waals surface area contributed by atoms with Crippen LogP contribution in [0.2, 0.25) is 0 Å². The van der Waals surface area contributed by atoms with E-state index in [-0.39, 0.29) is 47.2 Å². The smallest absolute Gasteiger partial charge is 1.00 e. The van der Waals surface area contributed by atoms with Gasteiger partial charge in [-0.2, -0.15) is 36.4 Å². The Morgan fingerprint density at radius 1 is 0.778 bits per heavy atom. The van der Waals surface area contributed by atoms with Gasteiger partial charge in [0.25, 0.3) is 0 Å². The summed E-state index contributed by atoms with van der Waals surface area (Å²) in [5.41, 5.74) is 0. The van der Waals surface area contributed by atoms with Crippen molar-refractivity contribution in [2.45, 2.75) is 0 Å². The molecule has 3 heteroatoms. The van der Waals surface area contributed by atoms with Gasteiger partial charge in [0.1, 0.15) is 0 Å². The minimum absolute atomic E-state index is 0. The average Bonchev–Trinajstić information content (AvgIpc) is 1.72. The van der Waals surface area contributed by atoms with Gasteiger partial charge in [0, 0.05) is 0 Å². The van der Waals surface area contributed by atoms with E-state index >= 15 is 0 Å². The summed E-state index contributed by atoms with van der Waals surface area (Å²) in [6.07, 6.45) is 0. The van der Waals surface area contributed by atoms with E-state index in [0.717, 1.165) is 0 Å². The van der Waals surface area contributed by atoms with Crippen molar-refractivity contribution in [2.75, 3.05) is 0 Å². The van der Waals surface area contributed by atoms with E-state index in [4.69, 9.17) is 0 Å². The van der Waals surface area contributed by atoms with Crippen LogP contribution in [0.25, 0.3) is 0 Å². The summed E-state index contributed by atoms with van der Waals surface area (Å²) in [5, 5.41) is 0. The minimum Gasteiger partial charge on any atom is -1.00 e. The molecule has 0 saturated carbocycles. The fraction of sp³-hybridized carbons (Fsp3) is 0. The SMILES string of the molecule is [Au+3].[Cl-].[Cl-].[c-]1ccccc1. The number of hydrogen-bond donors (Lipinski definition) is 0. The molecule has 0 heterocycles. The van der Waals surface area contributed by atoms with Gasteiger partial charge in [-0.15, -0.1) is 0 Å². The van der Waals surface area contributed by atoms with Crippen LogP contribution in [0, 0.1) is 6.07 Å². The Balaban J connectivity index is -0.000000120. The molecule has 0 aliphatic heterocycles. The number of benzene rings is 1. The predicted molar refractivity (Wildman–Crippen MR) is 25.3 cm³/mol. The van der Waals surface area contributed by atoms with Crippen LogP contribution in [0.15, 0.2) is 30.3 Å². The number of hydrogen-bond acceptors (Lipinski definition) is 0. The molecule has 0 nitrogen and oxygen atoms in total. The molecule has 1 rings (SSSR count). The third-order valence-corrected chi connectivity index (χ3v) is 0.607. The molecule has 0 aliphatic rings. The van der Waals surface area contributed by atoms with Crippen LogP contribution >= 0.6 is 0 Å². The number of halogens is 2. The average molecular weight is 345 g/mol. The fourth-order valence-corrected chi connectivity index (χ4v) is 0.342. The first-order chi connectivity index (χ1) is 3.00. The summed E-state index contributed by atoms with van der Waals surface area (Å²) >= 11 is 0. The van der Waals surface area contributed by atoms with E-state index in [0.29, 0.717) is 0 Å². The van der Waals surface area contributed by atoms with Gasteiger partial charge < -0.3 is 24.8 Å². The van der Waals surface area contributed by atoms with Crippen molar-refractivity contribution < 1.29 is 47.2 Å². The van der Waals surface area contributed by atoms with Gasteiger partial charge in [-0.25, -0.2) is 0 Å². The molecular weight excluding hydrogens is 340 g/mol. The first-order valence-electron chi connectivity index (χ1n) is 1.91. The molecule has 0 aromatic heterocycles. The van der Waals surface area contributed by atoms with E-state index in [2.05, 4.69) is 6.07 Å². The Morgan fingerprint density at radius 2 is 1.22 bits per heavy atom. The minimum atomic E-state index is 0. The summed E-state index contributed by atoms with van der Waals surface area (Å²) in [7, 11) is 0. The van der Waals surface area contributed by atoms with E-state index in [1.807, 2.05) is 30.3 Å². The van der Waals surface area contributed by atoms with Crippen LogP contribution < -0.4 is 24.8 Å². The van der Waals surface area contributed by atoms with Gasteiger partial charge in [0.2, 0.25) is 0 Å². The zero-order valence-corrected chi connectivity index (χ0v) is 8.12. The van der Waals surface area contributed by atoms with Crippen molar-refractivity contribution in [1.82, 2.24) is 0 Å². The molecule has 0 atom stereocenters. The van der Waals surface area contributed by atoms with Crippen molar-refractivity contribution >= 4 is 0 Å². The Hall–Kier alpha value is 0.540. The summed E-state index contributed by atoms with van der Waals surface area (Å²) in [6.45, 7) is 0. The second-order valence-corrected chi connectivity index (χ2v) is 1.08. The Labute approximate surface area is 83.4 Å². The van der Waals surface area contributed by atoms with Gasteiger partial charge in [-0.1, -0.05) is 0 Å². The van der Waals surface area contributed by atoms with Crippen molar-refractivity contribution in [1.29, 1.82) is 0 Å². The monoisotopic (exact) mass is 344 g/mol. The van der Waals surface area contributed by atoms with E-state index < -0.39 is 0 Å². The number of rotatable bonds is 0. The molecule has 0 spiro atoms. The largest absolute Gasteiger partial charge is 3.00 e. The first kappa shape index (κ1) is 16.3. The van der Waals surface area contributed by atoms with Crippen LogP contribution in [0.3, 0.4) is 0 Å². The second-order valence-electron chi connectivity index (χ2n) is 1.08. The summed E-state index contributed by atoms with van der Waals surface area (Å²) in [5.74, 6) is 0. The van der Waals surface area contributed by atoms with Crippen molar-refractivity contribution in [3.8, 4) is 0 Å². The van der Waals surface area contributed by atoms with E-state index in [9.17, 15) is 0 Å². The Bertz CT molecular complexity index is 83.0. The normalized spacial score (nSPS) is 5.33. The summed E-state index contributed by atoms with van der Waals surface area (Å²) < 4.78 is 0. The van der Waals surface area contributed by atoms with Crippen LogP contribution in [0.4, 0.5) is 0 Å². The quantitative estimate of drug-likeness (QED) is 0.329. The van der Waals surface area contributed by atoms with Crippen LogP contribution in [0.1, 0.15) is 0 Å². The predicted octanol–water partition coefficient (Wildman–Crippen LogP) is -4.51. The maximum Gasteiger partial charge on any atom is 3.00 e. The van der Waals surface area contributed by atoms with Crippen LogP contribution in [0.5, 0.6) is 0 Å². The molecule has 0 amide bonds. The van der Waals surface area contributed by atoms with Crippen LogP contribution in [-0.4, -0.2) is 0 Å². The van der Waals surface area contributed by atoms with Crippen molar-refractivity contribution in [2.24, 2.45) is 0 Å². The Kier molecular flexibility index (Phi) is 20.5. The molecule has 1 aromatic rings. The zero-order chi connectivity index (χ0) is 4.24. The van der Waals surface area contributed by atoms with Crippen molar-refractivity contribution in [3.05, 3.63) is 36.4 Å². The standard InChI is InChI=1S/C6H5.Au.2ClH/c1-2-4-6-5-3-1;;;/h1-5H;;2*1H/q-1;+3;;/p-2. The molecule has 0 unspecified atom stereocenters. The second kappa shape index (κ2) is 11.4. The fourth-order valence-electron chi connectivity index (χ4n) is 0.342. The van der Waals surface area contributed by atoms with E-state index in [1.54, 1.807) is 0 Å². The zero-order valence-electron chi connectivity index (χ0n) is 4.44. The molecule has 0 aliphatic carbocycles. The summed E-state index contributed by atoms with van der Waals surface area (Å²) in [4.78, 5) is 0. The third-order valence-electron chi connectivity index (χ3n) is 0.607. The molecule has 0 N–H and O–H groups in total. The summed E-state index contributed by atoms with van der Waals surface area (Å²) in [6, 6.07) is 12.5. The van der Waals surface area contributed by atoms with Crippen molar-refractivity contribution in [3.63, 3.8) is 0 Å². The molecule has 0 saturated heterocycles.